The molecule has 9 heteroatoms. The van der Waals surface area contributed by atoms with E-state index in [2.05, 4.69) is 17.4 Å². The molecule has 0 aliphatic heterocycles. The summed E-state index contributed by atoms with van der Waals surface area (Å²) < 4.78 is 85.1. The SMILES string of the molecule is CN(CC(C)(C)c1ccc(C(C)(C)c2cccc(OC(F)(F)F)c2)cc1C(F)(F)F)c1ccc(S)cc1. The van der Waals surface area contributed by atoms with Crippen LogP contribution in [0.5, 0.6) is 5.75 Å². The van der Waals surface area contributed by atoms with Gasteiger partial charge in [-0.2, -0.15) is 13.2 Å². The maximum Gasteiger partial charge on any atom is 0.573 e. The highest BCUT2D eigenvalue weighted by Crippen LogP contribution is 2.42. The van der Waals surface area contributed by atoms with E-state index in [-0.39, 0.29) is 5.56 Å². The summed E-state index contributed by atoms with van der Waals surface area (Å²) in [7, 11) is 1.82. The molecule has 37 heavy (non-hydrogen) atoms. The zero-order chi connectivity index (χ0) is 27.8. The largest absolute Gasteiger partial charge is 0.573 e. The highest BCUT2D eigenvalue weighted by atomic mass is 32.1. The Morgan fingerprint density at radius 3 is 1.92 bits per heavy atom. The fourth-order valence-electron chi connectivity index (χ4n) is 4.48. The second kappa shape index (κ2) is 10.2. The number of hydrogen-bond donors (Lipinski definition) is 1. The highest BCUT2D eigenvalue weighted by Gasteiger charge is 2.40. The Kier molecular flexibility index (Phi) is 7.89. The molecule has 2 nitrogen and oxygen atoms in total. The van der Waals surface area contributed by atoms with Crippen molar-refractivity contribution in [1.82, 2.24) is 0 Å². The summed E-state index contributed by atoms with van der Waals surface area (Å²) in [5.41, 5.74) is -1.00. The lowest BCUT2D eigenvalue weighted by Crippen LogP contribution is -2.36. The van der Waals surface area contributed by atoms with Crippen molar-refractivity contribution in [2.24, 2.45) is 0 Å². The molecule has 0 unspecified atom stereocenters. The Hall–Kier alpha value is -2.81. The lowest BCUT2D eigenvalue weighted by atomic mass is 9.74. The summed E-state index contributed by atoms with van der Waals surface area (Å²) in [6.07, 6.45) is -9.51. The smallest absolute Gasteiger partial charge is 0.406 e. The maximum atomic E-state index is 14.3. The van der Waals surface area contributed by atoms with Crippen LogP contribution in [0.1, 0.15) is 49.9 Å². The molecule has 0 saturated heterocycles. The summed E-state index contributed by atoms with van der Waals surface area (Å²) in [5.74, 6) is -0.430. The Morgan fingerprint density at radius 2 is 1.35 bits per heavy atom. The van der Waals surface area contributed by atoms with Crippen molar-refractivity contribution in [2.45, 2.75) is 56.0 Å². The second-order valence-electron chi connectivity index (χ2n) is 10.2. The van der Waals surface area contributed by atoms with E-state index < -0.39 is 34.7 Å². The quantitative estimate of drug-likeness (QED) is 0.237. The monoisotopic (exact) mass is 541 g/mol. The van der Waals surface area contributed by atoms with Gasteiger partial charge in [0.15, 0.2) is 0 Å². The minimum absolute atomic E-state index is 0.131. The molecule has 0 N–H and O–H groups in total. The molecule has 0 fully saturated rings. The minimum atomic E-state index is -4.87. The average molecular weight is 542 g/mol. The van der Waals surface area contributed by atoms with Gasteiger partial charge in [-0.25, -0.2) is 0 Å². The predicted molar refractivity (Wildman–Crippen MR) is 137 cm³/mol. The predicted octanol–water partition coefficient (Wildman–Crippen LogP) is 8.63. The summed E-state index contributed by atoms with van der Waals surface area (Å²) in [5, 5.41) is 0. The molecule has 3 rings (SSSR count). The van der Waals surface area contributed by atoms with Gasteiger partial charge in [-0.05, 0) is 59.2 Å². The fourth-order valence-corrected chi connectivity index (χ4v) is 4.63. The van der Waals surface area contributed by atoms with Crippen LogP contribution in [0.3, 0.4) is 0 Å². The molecule has 0 amide bonds. The van der Waals surface area contributed by atoms with Gasteiger partial charge in [0.25, 0.3) is 0 Å². The van der Waals surface area contributed by atoms with E-state index in [1.807, 2.05) is 36.2 Å². The van der Waals surface area contributed by atoms with Crippen LogP contribution in [0.2, 0.25) is 0 Å². The topological polar surface area (TPSA) is 12.5 Å². The van der Waals surface area contributed by atoms with Gasteiger partial charge in [0.1, 0.15) is 5.75 Å². The molecule has 0 bridgehead atoms. The third kappa shape index (κ3) is 6.94. The number of benzene rings is 3. The Balaban J connectivity index is 2.00. The van der Waals surface area contributed by atoms with Crippen molar-refractivity contribution in [1.29, 1.82) is 0 Å². The van der Waals surface area contributed by atoms with Gasteiger partial charge in [-0.1, -0.05) is 52.0 Å². The van der Waals surface area contributed by atoms with Gasteiger partial charge >= 0.3 is 12.5 Å². The van der Waals surface area contributed by atoms with Crippen LogP contribution < -0.4 is 9.64 Å². The first-order valence-corrected chi connectivity index (χ1v) is 11.9. The van der Waals surface area contributed by atoms with Crippen molar-refractivity contribution >= 4 is 18.3 Å². The van der Waals surface area contributed by atoms with Gasteiger partial charge in [-0.3, -0.25) is 0 Å². The van der Waals surface area contributed by atoms with Crippen LogP contribution in [0.4, 0.5) is 32.0 Å². The fraction of sp³-hybridized carbons (Fsp3) is 0.357. The zero-order valence-corrected chi connectivity index (χ0v) is 22.0. The van der Waals surface area contributed by atoms with E-state index in [9.17, 15) is 26.3 Å². The lowest BCUT2D eigenvalue weighted by Gasteiger charge is -2.35. The van der Waals surface area contributed by atoms with Crippen LogP contribution in [-0.2, 0) is 17.0 Å². The van der Waals surface area contributed by atoms with Gasteiger partial charge < -0.3 is 9.64 Å². The third-order valence-corrected chi connectivity index (χ3v) is 6.79. The second-order valence-corrected chi connectivity index (χ2v) is 10.7. The van der Waals surface area contributed by atoms with Gasteiger partial charge in [0.05, 0.1) is 5.56 Å². The van der Waals surface area contributed by atoms with E-state index >= 15 is 0 Å². The molecule has 0 saturated carbocycles. The van der Waals surface area contributed by atoms with Crippen molar-refractivity contribution in [3.05, 3.63) is 89.0 Å². The first-order valence-electron chi connectivity index (χ1n) is 11.5. The number of ether oxygens (including phenoxy) is 1. The molecule has 0 aliphatic carbocycles. The van der Waals surface area contributed by atoms with E-state index in [0.29, 0.717) is 17.7 Å². The van der Waals surface area contributed by atoms with E-state index in [1.54, 1.807) is 39.8 Å². The van der Waals surface area contributed by atoms with E-state index in [1.165, 1.54) is 18.2 Å². The first-order chi connectivity index (χ1) is 16.9. The van der Waals surface area contributed by atoms with Crippen molar-refractivity contribution in [3.8, 4) is 5.75 Å². The van der Waals surface area contributed by atoms with Crippen LogP contribution in [0, 0.1) is 0 Å². The standard InChI is InChI=1S/C28H29F6NOS/c1-25(2,17-35(5)20-10-12-22(37)13-11-20)23-14-9-19(16-24(23)27(29,30)31)26(3,4)18-7-6-8-21(15-18)36-28(32,33)34/h6-16,37H,17H2,1-5H3. The van der Waals surface area contributed by atoms with Gasteiger partial charge in [-0.15, -0.1) is 25.8 Å². The molecular formula is C28H29F6NOS. The Morgan fingerprint density at radius 1 is 0.757 bits per heavy atom. The molecule has 3 aromatic rings. The Bertz CT molecular complexity index is 1230. The van der Waals surface area contributed by atoms with Crippen LogP contribution >= 0.6 is 12.6 Å². The lowest BCUT2D eigenvalue weighted by molar-refractivity contribution is -0.274. The molecule has 0 spiro atoms. The Labute approximate surface area is 218 Å². The summed E-state index contributed by atoms with van der Waals surface area (Å²) >= 11 is 4.27. The average Bonchev–Trinajstić information content (AvgIpc) is 2.77. The summed E-state index contributed by atoms with van der Waals surface area (Å²) in [6, 6.07) is 16.8. The number of alkyl halides is 6. The summed E-state index contributed by atoms with van der Waals surface area (Å²) in [6.45, 7) is 7.15. The van der Waals surface area contributed by atoms with E-state index in [0.717, 1.165) is 22.7 Å². The number of halogens is 6. The minimum Gasteiger partial charge on any atom is -0.406 e. The molecule has 3 aromatic carbocycles. The molecular weight excluding hydrogens is 512 g/mol. The molecule has 200 valence electrons. The molecule has 0 aliphatic rings. The highest BCUT2D eigenvalue weighted by molar-refractivity contribution is 7.80. The number of anilines is 1. The molecule has 0 atom stereocenters. The normalized spacial score (nSPS) is 13.0. The summed E-state index contributed by atoms with van der Waals surface area (Å²) in [4.78, 5) is 2.67. The van der Waals surface area contributed by atoms with Crippen LogP contribution in [-0.4, -0.2) is 20.0 Å². The molecule has 0 aromatic heterocycles. The van der Waals surface area contributed by atoms with E-state index in [4.69, 9.17) is 0 Å². The van der Waals surface area contributed by atoms with Gasteiger partial charge in [0.2, 0.25) is 0 Å². The molecule has 0 heterocycles. The number of likely N-dealkylation sites (N-methyl/N-ethyl adjacent to an activating group) is 1. The number of hydrogen-bond acceptors (Lipinski definition) is 3. The van der Waals surface area contributed by atoms with Crippen LogP contribution in [0.15, 0.2) is 71.6 Å². The first kappa shape index (κ1) is 28.8. The zero-order valence-electron chi connectivity index (χ0n) is 21.1. The number of rotatable bonds is 7. The van der Waals surface area contributed by atoms with Crippen molar-refractivity contribution in [3.63, 3.8) is 0 Å². The maximum absolute atomic E-state index is 14.3. The van der Waals surface area contributed by atoms with Gasteiger partial charge in [0, 0.05) is 35.0 Å². The number of nitrogens with zero attached hydrogens (tertiary/aromatic N) is 1. The van der Waals surface area contributed by atoms with Crippen molar-refractivity contribution < 1.29 is 31.1 Å². The van der Waals surface area contributed by atoms with Crippen molar-refractivity contribution in [2.75, 3.05) is 18.5 Å². The van der Waals surface area contributed by atoms with Crippen LogP contribution in [0.25, 0.3) is 0 Å². The molecule has 0 radical (unpaired) electrons. The number of thiol groups is 1. The third-order valence-electron chi connectivity index (χ3n) is 6.49.